The van der Waals surface area contributed by atoms with E-state index in [0.717, 1.165) is 0 Å². The van der Waals surface area contributed by atoms with Crippen molar-refractivity contribution in [2.75, 3.05) is 17.9 Å². The van der Waals surface area contributed by atoms with Crippen molar-refractivity contribution in [1.29, 1.82) is 0 Å². The van der Waals surface area contributed by atoms with Gasteiger partial charge in [-0.2, -0.15) is 0 Å². The van der Waals surface area contributed by atoms with Crippen LogP contribution in [0.5, 0.6) is 0 Å². The van der Waals surface area contributed by atoms with Crippen LogP contribution in [-0.4, -0.2) is 24.2 Å². The Morgan fingerprint density at radius 3 is 3.00 bits per heavy atom. The number of halogens is 1. The largest absolute Gasteiger partial charge is 0.393 e. The molecule has 3 heteroatoms. The van der Waals surface area contributed by atoms with Crippen LogP contribution in [-0.2, 0) is 0 Å². The van der Waals surface area contributed by atoms with E-state index in [9.17, 15) is 5.11 Å². The molecule has 1 aliphatic heterocycles. The molecule has 2 nitrogen and oxygen atoms in total. The minimum absolute atomic E-state index is 0.171. The Kier molecular flexibility index (Phi) is 0.855. The van der Waals surface area contributed by atoms with Crippen LogP contribution in [0.25, 0.3) is 0 Å². The van der Waals surface area contributed by atoms with Gasteiger partial charge in [-0.25, -0.2) is 0 Å². The molecule has 0 atom stereocenters. The third kappa shape index (κ3) is 2.28. The molecule has 14 heavy (non-hydrogen) atoms. The summed E-state index contributed by atoms with van der Waals surface area (Å²) in [4.78, 5) is -0.171. The van der Waals surface area contributed by atoms with Gasteiger partial charge in [-0.3, -0.25) is 0 Å². The summed E-state index contributed by atoms with van der Waals surface area (Å²) >= 11 is 2.81. The van der Waals surface area contributed by atoms with Gasteiger partial charge in [0.1, 0.15) is 0 Å². The average Bonchev–Trinajstić information content (AvgIpc) is 2.52. The molecule has 1 N–H and O–H groups in total. The van der Waals surface area contributed by atoms with Crippen molar-refractivity contribution in [2.24, 2.45) is 0 Å². The third-order valence-corrected chi connectivity index (χ3v) is 1.77. The summed E-state index contributed by atoms with van der Waals surface area (Å²) in [5.74, 6) is 0. The Labute approximate surface area is 111 Å². The van der Waals surface area contributed by atoms with E-state index in [-0.39, 0.29) is 4.90 Å². The van der Waals surface area contributed by atoms with Gasteiger partial charge in [0.15, 0.2) is 0 Å². The molecule has 2 rings (SSSR count). The summed E-state index contributed by atoms with van der Waals surface area (Å²) in [5, 5.41) is 10.1. The number of piperidine rings is 1. The summed E-state index contributed by atoms with van der Waals surface area (Å²) in [6.07, 6.45) is -11.3. The highest BCUT2D eigenvalue weighted by atomic mass is 79.9. The van der Waals surface area contributed by atoms with Crippen LogP contribution in [0.4, 0.5) is 5.69 Å². The monoisotopic (exact) mass is 268 g/mol. The Morgan fingerprint density at radius 2 is 2.29 bits per heavy atom. The van der Waals surface area contributed by atoms with Crippen LogP contribution in [0, 0.1) is 0 Å². The molecule has 0 unspecified atom stereocenters. The molecule has 0 amide bonds. The first-order chi connectivity index (χ1) is 11.8. The van der Waals surface area contributed by atoms with Crippen LogP contribution >= 0.6 is 15.9 Å². The van der Waals surface area contributed by atoms with Gasteiger partial charge in [0.25, 0.3) is 0 Å². The molecule has 0 radical (unpaired) electrons. The molecule has 1 fully saturated rings. The fourth-order valence-electron chi connectivity index (χ4n) is 0.812. The Bertz CT molecular complexity index is 749. The maximum Gasteiger partial charge on any atom is 0.0657 e. The smallest absolute Gasteiger partial charge is 0.0657 e. The molecule has 1 aromatic rings. The van der Waals surface area contributed by atoms with Crippen LogP contribution in [0.15, 0.2) is 28.6 Å². The summed E-state index contributed by atoms with van der Waals surface area (Å²) < 4.78 is 102. The maximum atomic E-state index is 10.1. The molecule has 0 aliphatic carbocycles. The van der Waals surface area contributed by atoms with E-state index in [1.165, 1.54) is 0 Å². The zero-order valence-corrected chi connectivity index (χ0v) is 8.36. The van der Waals surface area contributed by atoms with Crippen LogP contribution in [0.1, 0.15) is 30.6 Å². The predicted molar refractivity (Wildman–Crippen MR) is 61.6 cm³/mol. The molecule has 76 valence electrons. The van der Waals surface area contributed by atoms with Gasteiger partial charge in [-0.15, -0.1) is 0 Å². The molecular formula is C11H14BrNO. The van der Waals surface area contributed by atoms with Crippen LogP contribution in [0.3, 0.4) is 0 Å². The Balaban J connectivity index is 3.01. The molecule has 0 saturated carbocycles. The summed E-state index contributed by atoms with van der Waals surface area (Å²) in [6, 6.07) is -3.28. The third-order valence-electron chi connectivity index (χ3n) is 1.38. The number of aliphatic hydroxyl groups is 1. The number of hydrogen-bond donors (Lipinski definition) is 1. The zero-order chi connectivity index (χ0) is 21.5. The van der Waals surface area contributed by atoms with Crippen molar-refractivity contribution >= 4 is 21.6 Å². The number of nitrogens with zero attached hydrogens (tertiary/aromatic N) is 1. The van der Waals surface area contributed by atoms with Crippen LogP contribution in [0.2, 0.25) is 0 Å². The lowest BCUT2D eigenvalue weighted by Gasteiger charge is -2.31. The second-order valence-corrected chi connectivity index (χ2v) is 3.11. The highest BCUT2D eigenvalue weighted by molar-refractivity contribution is 9.10. The quantitative estimate of drug-likeness (QED) is 0.846. The Morgan fingerprint density at radius 1 is 1.57 bits per heavy atom. The van der Waals surface area contributed by atoms with Crippen molar-refractivity contribution in [3.63, 3.8) is 0 Å². The normalized spacial score (nSPS) is 48.7. The first kappa shape index (κ1) is 2.77. The lowest BCUT2D eigenvalue weighted by atomic mass is 10.1. The average molecular weight is 269 g/mol. The van der Waals surface area contributed by atoms with Crippen molar-refractivity contribution in [1.82, 2.24) is 0 Å². The van der Waals surface area contributed by atoms with E-state index < -0.39 is 66.1 Å². The molecular weight excluding hydrogens is 242 g/mol. The van der Waals surface area contributed by atoms with E-state index in [0.29, 0.717) is 0 Å². The second kappa shape index (κ2) is 4.32. The topological polar surface area (TPSA) is 23.5 Å². The van der Waals surface area contributed by atoms with Gasteiger partial charge in [-0.1, -0.05) is 22.0 Å². The van der Waals surface area contributed by atoms with Gasteiger partial charge in [-0.05, 0) is 30.9 Å². The lowest BCUT2D eigenvalue weighted by Crippen LogP contribution is -2.35. The first-order valence-electron chi connectivity index (χ1n) is 10.1. The minimum Gasteiger partial charge on any atom is -0.393 e. The standard InChI is InChI=1S/C11H14BrNO/c12-9-2-1-3-10(8-9)13-6-4-11(14)5-7-13/h1-3,8,11,14H,4-7H2/i1D,2D,3D,4D2,5D2,6D2,7D2,8D,11D. The fraction of sp³-hybridized carbons (Fsp3) is 0.455. The van der Waals surface area contributed by atoms with E-state index in [4.69, 9.17) is 17.8 Å². The summed E-state index contributed by atoms with van der Waals surface area (Å²) in [7, 11) is 0. The number of rotatable bonds is 1. The van der Waals surface area contributed by atoms with Gasteiger partial charge >= 0.3 is 0 Å². The SMILES string of the molecule is [2H]c1c([2H])c(Br)c([2H])c(N2C([2H])([2H])C([2H])([2H])C([2H])(O)C([2H])([2H])C2([2H])[2H])c1[2H]. The highest BCUT2D eigenvalue weighted by Gasteiger charge is 2.16. The molecule has 0 spiro atoms. The van der Waals surface area contributed by atoms with E-state index in [1.54, 1.807) is 0 Å². The fourth-order valence-corrected chi connectivity index (χ4v) is 1.10. The number of anilines is 1. The van der Waals surface area contributed by atoms with Gasteiger partial charge < -0.3 is 10.0 Å². The highest BCUT2D eigenvalue weighted by Crippen LogP contribution is 2.23. The molecule has 1 aliphatic rings. The second-order valence-electron chi connectivity index (χ2n) is 2.32. The van der Waals surface area contributed by atoms with Crippen molar-refractivity contribution in [3.8, 4) is 0 Å². The predicted octanol–water partition coefficient (Wildman–Crippen LogP) is 2.41. The lowest BCUT2D eigenvalue weighted by molar-refractivity contribution is 0.145. The Hall–Kier alpha value is -0.540. The van der Waals surface area contributed by atoms with Crippen molar-refractivity contribution < 1.29 is 22.9 Å². The summed E-state index contributed by atoms with van der Waals surface area (Å²) in [6.45, 7) is -7.22. The van der Waals surface area contributed by atoms with Crippen molar-refractivity contribution in [2.45, 2.75) is 18.8 Å². The van der Waals surface area contributed by atoms with Gasteiger partial charge in [0, 0.05) is 34.1 Å². The van der Waals surface area contributed by atoms with E-state index in [2.05, 4.69) is 15.9 Å². The molecule has 0 aromatic heterocycles. The first-order valence-corrected chi connectivity index (χ1v) is 4.38. The van der Waals surface area contributed by atoms with E-state index >= 15 is 0 Å². The van der Waals surface area contributed by atoms with Gasteiger partial charge in [0.05, 0.1) is 12.9 Å². The molecule has 0 bridgehead atoms. The molecule has 1 aromatic carbocycles. The van der Waals surface area contributed by atoms with Gasteiger partial charge in [0.2, 0.25) is 0 Å². The maximum absolute atomic E-state index is 10.1. The number of benzene rings is 1. The summed E-state index contributed by atoms with van der Waals surface area (Å²) in [5.41, 5.74) is -0.985. The van der Waals surface area contributed by atoms with Crippen molar-refractivity contribution in [3.05, 3.63) is 28.6 Å². The molecule has 1 heterocycles. The number of hydrogen-bond acceptors (Lipinski definition) is 2. The van der Waals surface area contributed by atoms with Crippen LogP contribution < -0.4 is 4.90 Å². The zero-order valence-electron chi connectivity index (χ0n) is 19.8. The minimum atomic E-state index is -3.87. The molecule has 1 saturated heterocycles. The van der Waals surface area contributed by atoms with E-state index in [1.807, 2.05) is 0 Å².